The zero-order valence-corrected chi connectivity index (χ0v) is 20.3. The monoisotopic (exact) mass is 442 g/mol. The third-order valence-electron chi connectivity index (χ3n) is 7.33. The first-order valence-electron chi connectivity index (χ1n) is 12.5. The van der Waals surface area contributed by atoms with E-state index in [0.29, 0.717) is 12.3 Å². The van der Waals surface area contributed by atoms with Crippen molar-refractivity contribution in [2.24, 2.45) is 11.8 Å². The van der Waals surface area contributed by atoms with Gasteiger partial charge in [0, 0.05) is 25.7 Å². The minimum atomic E-state index is -0.468. The third kappa shape index (κ3) is 6.10. The summed E-state index contributed by atoms with van der Waals surface area (Å²) in [5.74, 6) is 0.643. The van der Waals surface area contributed by atoms with Gasteiger partial charge in [-0.1, -0.05) is 51.1 Å². The highest BCUT2D eigenvalue weighted by molar-refractivity contribution is 5.90. The van der Waals surface area contributed by atoms with E-state index in [1.54, 1.807) is 7.05 Å². The van der Waals surface area contributed by atoms with E-state index in [4.69, 9.17) is 0 Å². The van der Waals surface area contributed by atoms with Crippen molar-refractivity contribution in [1.82, 2.24) is 20.4 Å². The maximum absolute atomic E-state index is 13.6. The Morgan fingerprint density at radius 1 is 1.12 bits per heavy atom. The predicted octanol–water partition coefficient (Wildman–Crippen LogP) is 2.68. The Labute approximate surface area is 194 Å². The molecule has 0 unspecified atom stereocenters. The van der Waals surface area contributed by atoms with Crippen LogP contribution in [-0.2, 0) is 16.0 Å². The highest BCUT2D eigenvalue weighted by atomic mass is 16.2. The third-order valence-corrected chi connectivity index (χ3v) is 7.33. The van der Waals surface area contributed by atoms with Crippen molar-refractivity contribution in [3.05, 3.63) is 35.9 Å². The number of rotatable bonds is 9. The van der Waals surface area contributed by atoms with Gasteiger partial charge in [-0.3, -0.25) is 9.59 Å². The smallest absolute Gasteiger partial charge is 0.245 e. The lowest BCUT2D eigenvalue weighted by Crippen LogP contribution is -2.57. The van der Waals surface area contributed by atoms with Crippen LogP contribution in [0.5, 0.6) is 0 Å². The Morgan fingerprint density at radius 2 is 1.88 bits per heavy atom. The molecule has 178 valence electrons. The number of nitrogens with zero attached hydrogens (tertiary/aromatic N) is 2. The van der Waals surface area contributed by atoms with Crippen molar-refractivity contribution < 1.29 is 9.59 Å². The zero-order valence-electron chi connectivity index (χ0n) is 20.3. The second-order valence-corrected chi connectivity index (χ2v) is 9.81. The summed E-state index contributed by atoms with van der Waals surface area (Å²) in [5.41, 5.74) is 1.37. The molecule has 2 amide bonds. The van der Waals surface area contributed by atoms with E-state index in [1.165, 1.54) is 18.4 Å². The van der Waals surface area contributed by atoms with E-state index >= 15 is 0 Å². The highest BCUT2D eigenvalue weighted by Crippen LogP contribution is 2.32. The Kier molecular flexibility index (Phi) is 9.11. The number of benzene rings is 1. The molecule has 2 fully saturated rings. The van der Waals surface area contributed by atoms with Gasteiger partial charge in [0.1, 0.15) is 6.04 Å². The van der Waals surface area contributed by atoms with Crippen molar-refractivity contribution >= 4 is 11.8 Å². The van der Waals surface area contributed by atoms with Crippen LogP contribution >= 0.6 is 0 Å². The lowest BCUT2D eigenvalue weighted by Gasteiger charge is -2.35. The molecule has 6 nitrogen and oxygen atoms in total. The van der Waals surface area contributed by atoms with E-state index in [-0.39, 0.29) is 29.8 Å². The number of likely N-dealkylation sites (tertiary alicyclic amines) is 2. The molecule has 2 heterocycles. The quantitative estimate of drug-likeness (QED) is 0.617. The van der Waals surface area contributed by atoms with Gasteiger partial charge in [-0.15, -0.1) is 0 Å². The van der Waals surface area contributed by atoms with Crippen LogP contribution in [0.1, 0.15) is 52.0 Å². The zero-order chi connectivity index (χ0) is 23.1. The van der Waals surface area contributed by atoms with E-state index in [0.717, 1.165) is 39.0 Å². The van der Waals surface area contributed by atoms with Crippen molar-refractivity contribution in [3.63, 3.8) is 0 Å². The van der Waals surface area contributed by atoms with Gasteiger partial charge >= 0.3 is 0 Å². The predicted molar refractivity (Wildman–Crippen MR) is 129 cm³/mol. The molecule has 0 bridgehead atoms. The number of fused-ring (bicyclic) bond motifs is 1. The van der Waals surface area contributed by atoms with Crippen LogP contribution in [0.4, 0.5) is 0 Å². The van der Waals surface area contributed by atoms with Gasteiger partial charge in [0.15, 0.2) is 0 Å². The van der Waals surface area contributed by atoms with Crippen LogP contribution in [0, 0.1) is 11.8 Å². The Balaban J connectivity index is 1.66. The van der Waals surface area contributed by atoms with Gasteiger partial charge in [0.05, 0.1) is 6.04 Å². The van der Waals surface area contributed by atoms with E-state index in [9.17, 15) is 9.59 Å². The number of nitrogens with one attached hydrogen (secondary N) is 2. The Hall–Kier alpha value is -1.92. The number of likely N-dealkylation sites (N-methyl/N-ethyl adjacent to an activating group) is 1. The second kappa shape index (κ2) is 11.8. The maximum atomic E-state index is 13.6. The van der Waals surface area contributed by atoms with Crippen molar-refractivity contribution in [2.45, 2.75) is 71.0 Å². The number of carbonyl (C=O) groups is 2. The highest BCUT2D eigenvalue weighted by Gasteiger charge is 2.42. The van der Waals surface area contributed by atoms with Crippen LogP contribution in [-0.4, -0.2) is 73.0 Å². The summed E-state index contributed by atoms with van der Waals surface area (Å²) in [7, 11) is 1.79. The number of carbonyl (C=O) groups excluding carboxylic acids is 2. The number of hydrogen-bond acceptors (Lipinski definition) is 4. The summed E-state index contributed by atoms with van der Waals surface area (Å²) >= 11 is 0. The first-order valence-corrected chi connectivity index (χ1v) is 12.5. The molecule has 2 aliphatic heterocycles. The molecule has 0 aliphatic carbocycles. The molecule has 0 aromatic heterocycles. The fraction of sp³-hybridized carbons (Fsp3) is 0.692. The molecule has 0 spiro atoms. The average Bonchev–Trinajstić information content (AvgIpc) is 3.07. The molecule has 6 heteroatoms. The topological polar surface area (TPSA) is 64.7 Å². The molecule has 0 radical (unpaired) electrons. The summed E-state index contributed by atoms with van der Waals surface area (Å²) in [6, 6.07) is 10.2. The van der Waals surface area contributed by atoms with Crippen LogP contribution < -0.4 is 10.6 Å². The summed E-state index contributed by atoms with van der Waals surface area (Å²) < 4.78 is 0. The van der Waals surface area contributed by atoms with E-state index in [1.807, 2.05) is 20.8 Å². The average molecular weight is 443 g/mol. The molecule has 2 saturated heterocycles. The van der Waals surface area contributed by atoms with Gasteiger partial charge in [-0.25, -0.2) is 0 Å². The summed E-state index contributed by atoms with van der Waals surface area (Å²) in [6.45, 7) is 9.91. The maximum Gasteiger partial charge on any atom is 0.245 e. The second-order valence-electron chi connectivity index (χ2n) is 9.81. The Bertz CT molecular complexity index is 735. The molecule has 0 saturated carbocycles. The Morgan fingerprint density at radius 3 is 2.53 bits per heavy atom. The summed E-state index contributed by atoms with van der Waals surface area (Å²) in [6.07, 6.45) is 5.20. The first kappa shape index (κ1) is 24.7. The standard InChI is InChI=1S/C26H42N4O2/c1-5-22(27-4)25(31)28-24(19(2)3)26(32)30-17-14-21-12-9-15-29(18-23(21)30)16-13-20-10-7-6-8-11-20/h6-8,10-11,19,21-24,27H,5,9,12-18H2,1-4H3,(H,28,31)/t21-,22+,23-,24+/m1/s1. The lowest BCUT2D eigenvalue weighted by molar-refractivity contribution is -0.139. The molecule has 4 atom stereocenters. The molecule has 2 N–H and O–H groups in total. The molecule has 3 rings (SSSR count). The van der Waals surface area contributed by atoms with Gasteiger partial charge in [0.25, 0.3) is 0 Å². The van der Waals surface area contributed by atoms with Crippen LogP contribution in [0.2, 0.25) is 0 Å². The van der Waals surface area contributed by atoms with Crippen molar-refractivity contribution in [1.29, 1.82) is 0 Å². The fourth-order valence-corrected chi connectivity index (χ4v) is 5.31. The van der Waals surface area contributed by atoms with Crippen LogP contribution in [0.3, 0.4) is 0 Å². The lowest BCUT2D eigenvalue weighted by atomic mass is 9.95. The van der Waals surface area contributed by atoms with Crippen molar-refractivity contribution in [2.75, 3.05) is 33.2 Å². The van der Waals surface area contributed by atoms with Crippen LogP contribution in [0.25, 0.3) is 0 Å². The normalized spacial score (nSPS) is 23.5. The minimum absolute atomic E-state index is 0.0554. The van der Waals surface area contributed by atoms with Gasteiger partial charge < -0.3 is 20.4 Å². The summed E-state index contributed by atoms with van der Waals surface area (Å²) in [5, 5.41) is 6.11. The minimum Gasteiger partial charge on any atom is -0.343 e. The number of hydrogen-bond donors (Lipinski definition) is 2. The van der Waals surface area contributed by atoms with Gasteiger partial charge in [-0.05, 0) is 63.1 Å². The number of amides is 2. The first-order chi connectivity index (χ1) is 15.4. The van der Waals surface area contributed by atoms with Crippen molar-refractivity contribution in [3.8, 4) is 0 Å². The van der Waals surface area contributed by atoms with Gasteiger partial charge in [-0.2, -0.15) is 0 Å². The fourth-order valence-electron chi connectivity index (χ4n) is 5.31. The molecule has 1 aromatic rings. The molecule has 1 aromatic carbocycles. The molecular formula is C26H42N4O2. The molecule has 32 heavy (non-hydrogen) atoms. The van der Waals surface area contributed by atoms with Gasteiger partial charge in [0.2, 0.25) is 11.8 Å². The van der Waals surface area contributed by atoms with E-state index < -0.39 is 6.04 Å². The van der Waals surface area contributed by atoms with E-state index in [2.05, 4.69) is 50.8 Å². The molecule has 2 aliphatic rings. The summed E-state index contributed by atoms with van der Waals surface area (Å²) in [4.78, 5) is 31.0. The largest absolute Gasteiger partial charge is 0.343 e. The SMILES string of the molecule is CC[C@H](NC)C(=O)N[C@H](C(=O)N1CC[C@H]2CCCN(CCc3ccccc3)C[C@H]21)C(C)C. The van der Waals surface area contributed by atoms with Crippen LogP contribution in [0.15, 0.2) is 30.3 Å². The molecular weight excluding hydrogens is 400 g/mol.